The third kappa shape index (κ3) is 6.27. The zero-order chi connectivity index (χ0) is 18.4. The zero-order valence-electron chi connectivity index (χ0n) is 16.6. The number of quaternary nitrogens is 1. The van der Waals surface area contributed by atoms with Gasteiger partial charge in [-0.15, -0.1) is 0 Å². The third-order valence-electron chi connectivity index (χ3n) is 5.33. The molecule has 0 bridgehead atoms. The van der Waals surface area contributed by atoms with Crippen molar-refractivity contribution in [2.75, 3.05) is 25.0 Å². The molecule has 0 aromatic heterocycles. The maximum Gasteiger partial charge on any atom is 0.173 e. The molecule has 140 valence electrons. The van der Waals surface area contributed by atoms with Gasteiger partial charge < -0.3 is 15.1 Å². The number of thiocarbonyl (C=S) groups is 1. The molecule has 4 heteroatoms. The molecule has 0 aliphatic carbocycles. The zero-order valence-corrected chi connectivity index (χ0v) is 17.5. The SMILES string of the molecule is Cc1cccc(NC(=S)N(CCC(C)C)C2CC[NH+](C(C)C)CC2)c1. The van der Waals surface area contributed by atoms with E-state index in [1.54, 1.807) is 4.90 Å². The molecule has 2 N–H and O–H groups in total. The molecule has 2 rings (SSSR count). The molecule has 0 saturated carbocycles. The summed E-state index contributed by atoms with van der Waals surface area (Å²) in [6, 6.07) is 9.77. The summed E-state index contributed by atoms with van der Waals surface area (Å²) in [6.07, 6.45) is 3.66. The van der Waals surface area contributed by atoms with Crippen molar-refractivity contribution in [1.82, 2.24) is 4.90 Å². The van der Waals surface area contributed by atoms with E-state index < -0.39 is 0 Å². The summed E-state index contributed by atoms with van der Waals surface area (Å²) in [7, 11) is 0. The van der Waals surface area contributed by atoms with Crippen molar-refractivity contribution in [3.05, 3.63) is 29.8 Å². The molecular formula is C21H36N3S+. The number of rotatable bonds is 6. The first-order valence-corrected chi connectivity index (χ1v) is 10.3. The van der Waals surface area contributed by atoms with Crippen LogP contribution in [0.2, 0.25) is 0 Å². The minimum Gasteiger partial charge on any atom is -0.346 e. The minimum absolute atomic E-state index is 0.575. The fraction of sp³-hybridized carbons (Fsp3) is 0.667. The largest absolute Gasteiger partial charge is 0.346 e. The number of likely N-dealkylation sites (tertiary alicyclic amines) is 1. The number of piperidine rings is 1. The van der Waals surface area contributed by atoms with Crippen LogP contribution in [-0.2, 0) is 0 Å². The second kappa shape index (κ2) is 9.54. The van der Waals surface area contributed by atoms with E-state index in [4.69, 9.17) is 12.2 Å². The first-order valence-electron chi connectivity index (χ1n) is 9.85. The summed E-state index contributed by atoms with van der Waals surface area (Å²) in [5.41, 5.74) is 2.36. The Bertz CT molecular complexity index is 548. The van der Waals surface area contributed by atoms with Crippen molar-refractivity contribution < 1.29 is 4.90 Å². The van der Waals surface area contributed by atoms with E-state index in [0.29, 0.717) is 12.0 Å². The lowest BCUT2D eigenvalue weighted by Gasteiger charge is -2.39. The van der Waals surface area contributed by atoms with Crippen molar-refractivity contribution in [1.29, 1.82) is 0 Å². The lowest BCUT2D eigenvalue weighted by Crippen LogP contribution is -3.16. The van der Waals surface area contributed by atoms with Crippen LogP contribution in [0.1, 0.15) is 52.5 Å². The topological polar surface area (TPSA) is 19.7 Å². The van der Waals surface area contributed by atoms with Crippen molar-refractivity contribution in [2.45, 2.75) is 66.0 Å². The van der Waals surface area contributed by atoms with Crippen LogP contribution < -0.4 is 10.2 Å². The quantitative estimate of drug-likeness (QED) is 0.756. The molecule has 3 nitrogen and oxygen atoms in total. The average Bonchev–Trinajstić information content (AvgIpc) is 2.55. The van der Waals surface area contributed by atoms with Gasteiger partial charge in [0.05, 0.1) is 19.1 Å². The standard InChI is InChI=1S/C21H35N3S/c1-16(2)9-14-24(20-10-12-23(13-11-20)17(3)4)21(25)22-19-8-6-7-18(5)15-19/h6-8,15-17,20H,9-14H2,1-5H3,(H,22,25)/p+1. The Hall–Kier alpha value is -1.13. The van der Waals surface area contributed by atoms with Crippen molar-refractivity contribution >= 4 is 23.0 Å². The maximum atomic E-state index is 5.82. The predicted molar refractivity (Wildman–Crippen MR) is 112 cm³/mol. The Balaban J connectivity index is 2.03. The maximum absolute atomic E-state index is 5.82. The number of nitrogens with zero attached hydrogens (tertiary/aromatic N) is 1. The van der Waals surface area contributed by atoms with Gasteiger partial charge in [-0.2, -0.15) is 0 Å². The van der Waals surface area contributed by atoms with Crippen LogP contribution >= 0.6 is 12.2 Å². The fourth-order valence-corrected chi connectivity index (χ4v) is 3.99. The minimum atomic E-state index is 0.575. The normalized spacial score (nSPS) is 20.8. The Morgan fingerprint density at radius 1 is 1.24 bits per heavy atom. The fourth-order valence-electron chi connectivity index (χ4n) is 3.63. The number of anilines is 1. The Morgan fingerprint density at radius 3 is 2.48 bits per heavy atom. The van der Waals surface area contributed by atoms with Gasteiger partial charge in [-0.1, -0.05) is 26.0 Å². The summed E-state index contributed by atoms with van der Waals surface area (Å²) in [5.74, 6) is 0.700. The van der Waals surface area contributed by atoms with E-state index in [0.717, 1.165) is 23.4 Å². The highest BCUT2D eigenvalue weighted by Gasteiger charge is 2.29. The van der Waals surface area contributed by atoms with Gasteiger partial charge in [0.1, 0.15) is 0 Å². The predicted octanol–water partition coefficient (Wildman–Crippen LogP) is 3.50. The van der Waals surface area contributed by atoms with E-state index in [-0.39, 0.29) is 0 Å². The van der Waals surface area contributed by atoms with E-state index in [1.165, 1.54) is 37.9 Å². The molecule has 1 heterocycles. The third-order valence-corrected chi connectivity index (χ3v) is 5.67. The van der Waals surface area contributed by atoms with Gasteiger partial charge in [-0.25, -0.2) is 0 Å². The Morgan fingerprint density at radius 2 is 1.92 bits per heavy atom. The van der Waals surface area contributed by atoms with Gasteiger partial charge in [0.25, 0.3) is 0 Å². The van der Waals surface area contributed by atoms with Crippen LogP contribution in [0.25, 0.3) is 0 Å². The smallest absolute Gasteiger partial charge is 0.173 e. The van der Waals surface area contributed by atoms with Gasteiger partial charge >= 0.3 is 0 Å². The molecule has 0 amide bonds. The molecule has 1 saturated heterocycles. The summed E-state index contributed by atoms with van der Waals surface area (Å²) in [5, 5.41) is 4.38. The van der Waals surface area contributed by atoms with E-state index in [2.05, 4.69) is 69.1 Å². The second-order valence-corrected chi connectivity index (χ2v) is 8.61. The molecule has 1 aliphatic rings. The highest BCUT2D eigenvalue weighted by molar-refractivity contribution is 7.80. The molecule has 1 aliphatic heterocycles. The number of nitrogens with one attached hydrogen (secondary N) is 2. The first kappa shape index (κ1) is 20.2. The number of benzene rings is 1. The lowest BCUT2D eigenvalue weighted by molar-refractivity contribution is -0.926. The number of hydrogen-bond acceptors (Lipinski definition) is 1. The van der Waals surface area contributed by atoms with Crippen LogP contribution in [0.3, 0.4) is 0 Å². The molecule has 0 atom stereocenters. The summed E-state index contributed by atoms with van der Waals surface area (Å²) in [4.78, 5) is 4.20. The molecule has 0 radical (unpaired) electrons. The molecule has 25 heavy (non-hydrogen) atoms. The lowest BCUT2D eigenvalue weighted by atomic mass is 10.0. The highest BCUT2D eigenvalue weighted by atomic mass is 32.1. The molecule has 1 fully saturated rings. The van der Waals surface area contributed by atoms with Crippen LogP contribution in [0.5, 0.6) is 0 Å². The molecule has 0 spiro atoms. The number of hydrogen-bond donors (Lipinski definition) is 2. The Kier molecular flexibility index (Phi) is 7.70. The van der Waals surface area contributed by atoms with Crippen LogP contribution in [-0.4, -0.2) is 41.7 Å². The van der Waals surface area contributed by atoms with Gasteiger partial charge in [0.2, 0.25) is 0 Å². The van der Waals surface area contributed by atoms with Crippen molar-refractivity contribution in [3.63, 3.8) is 0 Å². The summed E-state index contributed by atoms with van der Waals surface area (Å²) in [6.45, 7) is 14.9. The van der Waals surface area contributed by atoms with Crippen molar-refractivity contribution in [3.8, 4) is 0 Å². The average molecular weight is 363 g/mol. The molecule has 1 aromatic carbocycles. The highest BCUT2D eigenvalue weighted by Crippen LogP contribution is 2.17. The van der Waals surface area contributed by atoms with E-state index in [9.17, 15) is 0 Å². The Labute approximate surface area is 159 Å². The molecular weight excluding hydrogens is 326 g/mol. The first-order chi connectivity index (χ1) is 11.9. The van der Waals surface area contributed by atoms with Crippen LogP contribution in [0.4, 0.5) is 5.69 Å². The molecule has 0 unspecified atom stereocenters. The molecule has 1 aromatic rings. The van der Waals surface area contributed by atoms with Crippen LogP contribution in [0.15, 0.2) is 24.3 Å². The van der Waals surface area contributed by atoms with E-state index in [1.807, 2.05) is 0 Å². The van der Waals surface area contributed by atoms with Gasteiger partial charge in [0, 0.05) is 31.1 Å². The van der Waals surface area contributed by atoms with Gasteiger partial charge in [0.15, 0.2) is 5.11 Å². The van der Waals surface area contributed by atoms with Gasteiger partial charge in [-0.05, 0) is 63.0 Å². The van der Waals surface area contributed by atoms with E-state index >= 15 is 0 Å². The number of aryl methyl sites for hydroxylation is 1. The van der Waals surface area contributed by atoms with Gasteiger partial charge in [-0.3, -0.25) is 0 Å². The monoisotopic (exact) mass is 362 g/mol. The second-order valence-electron chi connectivity index (χ2n) is 8.22. The summed E-state index contributed by atoms with van der Waals surface area (Å²) < 4.78 is 0. The van der Waals surface area contributed by atoms with Crippen molar-refractivity contribution in [2.24, 2.45) is 5.92 Å². The summed E-state index contributed by atoms with van der Waals surface area (Å²) >= 11 is 5.82. The van der Waals surface area contributed by atoms with Crippen LogP contribution in [0, 0.1) is 12.8 Å².